The number of hydrogen-bond acceptors (Lipinski definition) is 2. The van der Waals surface area contributed by atoms with Crippen molar-refractivity contribution in [1.82, 2.24) is 0 Å². The van der Waals surface area contributed by atoms with Crippen molar-refractivity contribution in [3.63, 3.8) is 0 Å². The highest BCUT2D eigenvalue weighted by atomic mass is 19.4. The highest BCUT2D eigenvalue weighted by Crippen LogP contribution is 2.32. The number of benzene rings is 1. The number of carbonyl (C=O) groups is 1. The first kappa shape index (κ1) is 15.6. The smallest absolute Gasteiger partial charge is 0.370 e. The zero-order valence-corrected chi connectivity index (χ0v) is 10.6. The summed E-state index contributed by atoms with van der Waals surface area (Å²) in [7, 11) is 0. The van der Waals surface area contributed by atoms with Gasteiger partial charge in [-0.25, -0.2) is 4.39 Å². The number of Topliss-reactive ketones (excluding diaryl/α,β-unsaturated/α-hetero) is 1. The third kappa shape index (κ3) is 3.76. The molecule has 0 saturated heterocycles. The van der Waals surface area contributed by atoms with Crippen LogP contribution in [0.3, 0.4) is 0 Å². The molecule has 0 aromatic heterocycles. The van der Waals surface area contributed by atoms with E-state index in [9.17, 15) is 22.4 Å². The van der Waals surface area contributed by atoms with Crippen LogP contribution in [0.15, 0.2) is 18.2 Å². The Morgan fingerprint density at radius 1 is 1.32 bits per heavy atom. The van der Waals surface area contributed by atoms with Gasteiger partial charge in [-0.15, -0.1) is 0 Å². The Labute approximate surface area is 108 Å². The molecule has 0 aliphatic rings. The summed E-state index contributed by atoms with van der Waals surface area (Å²) in [5.41, 5.74) is -1.64. The second-order valence-electron chi connectivity index (χ2n) is 3.91. The molecule has 0 aliphatic heterocycles. The Kier molecular flexibility index (Phi) is 5.05. The lowest BCUT2D eigenvalue weighted by molar-refractivity contribution is -0.140. The van der Waals surface area contributed by atoms with E-state index >= 15 is 0 Å². The largest absolute Gasteiger partial charge is 0.419 e. The van der Waals surface area contributed by atoms with Crippen LogP contribution in [0, 0.1) is 5.82 Å². The topological polar surface area (TPSA) is 26.3 Å². The quantitative estimate of drug-likeness (QED) is 0.604. The van der Waals surface area contributed by atoms with E-state index in [1.54, 1.807) is 13.8 Å². The van der Waals surface area contributed by atoms with Gasteiger partial charge in [-0.1, -0.05) is 6.92 Å². The molecule has 6 heteroatoms. The van der Waals surface area contributed by atoms with Crippen molar-refractivity contribution in [2.45, 2.75) is 32.5 Å². The Balaban J connectivity index is 3.12. The molecule has 19 heavy (non-hydrogen) atoms. The molecule has 0 amide bonds. The minimum absolute atomic E-state index is 0.200. The first-order valence-corrected chi connectivity index (χ1v) is 5.83. The fourth-order valence-corrected chi connectivity index (χ4v) is 1.66. The number of alkyl halides is 3. The van der Waals surface area contributed by atoms with Crippen LogP contribution in [0.5, 0.6) is 0 Å². The number of rotatable bonds is 5. The van der Waals surface area contributed by atoms with Crippen LogP contribution in [0.4, 0.5) is 17.6 Å². The van der Waals surface area contributed by atoms with Crippen LogP contribution in [-0.4, -0.2) is 18.5 Å². The normalized spacial score (nSPS) is 13.4. The maximum atomic E-state index is 13.1. The van der Waals surface area contributed by atoms with Crippen molar-refractivity contribution in [3.05, 3.63) is 35.1 Å². The summed E-state index contributed by atoms with van der Waals surface area (Å²) < 4.78 is 55.9. The van der Waals surface area contributed by atoms with Gasteiger partial charge in [0.15, 0.2) is 5.78 Å². The monoisotopic (exact) mass is 278 g/mol. The third-order valence-electron chi connectivity index (χ3n) is 2.59. The molecule has 0 fully saturated rings. The first-order valence-electron chi connectivity index (χ1n) is 5.83. The molecular formula is C13H14F4O2. The Morgan fingerprint density at radius 3 is 2.42 bits per heavy atom. The van der Waals surface area contributed by atoms with E-state index < -0.39 is 29.4 Å². The van der Waals surface area contributed by atoms with Crippen molar-refractivity contribution < 1.29 is 27.1 Å². The van der Waals surface area contributed by atoms with Gasteiger partial charge in [0.25, 0.3) is 0 Å². The Hall–Kier alpha value is -1.43. The van der Waals surface area contributed by atoms with Crippen molar-refractivity contribution in [3.8, 4) is 0 Å². The van der Waals surface area contributed by atoms with Crippen molar-refractivity contribution in [2.75, 3.05) is 6.61 Å². The van der Waals surface area contributed by atoms with Crippen LogP contribution in [0.2, 0.25) is 0 Å². The van der Waals surface area contributed by atoms with E-state index in [2.05, 4.69) is 0 Å². The van der Waals surface area contributed by atoms with Gasteiger partial charge in [0.2, 0.25) is 0 Å². The lowest BCUT2D eigenvalue weighted by Gasteiger charge is -2.15. The molecule has 1 rings (SSSR count). The highest BCUT2D eigenvalue weighted by Gasteiger charge is 2.35. The van der Waals surface area contributed by atoms with Gasteiger partial charge in [-0.3, -0.25) is 4.79 Å². The molecule has 1 unspecified atom stereocenters. The van der Waals surface area contributed by atoms with E-state index in [1.807, 2.05) is 0 Å². The molecule has 0 heterocycles. The van der Waals surface area contributed by atoms with Crippen LogP contribution in [-0.2, 0) is 10.9 Å². The molecule has 0 N–H and O–H groups in total. The van der Waals surface area contributed by atoms with E-state index in [0.29, 0.717) is 18.6 Å². The Bertz CT molecular complexity index is 454. The standard InChI is InChI=1S/C13H14F4O2/c1-3-11(19-4-2)12(18)8-5-6-10(14)9(7-8)13(15,16)17/h5-7,11H,3-4H2,1-2H3. The lowest BCUT2D eigenvalue weighted by atomic mass is 10.0. The second kappa shape index (κ2) is 6.14. The third-order valence-corrected chi connectivity index (χ3v) is 2.59. The maximum absolute atomic E-state index is 13.1. The molecule has 0 bridgehead atoms. The van der Waals surface area contributed by atoms with Crippen LogP contribution < -0.4 is 0 Å². The molecular weight excluding hydrogens is 264 g/mol. The highest BCUT2D eigenvalue weighted by molar-refractivity contribution is 5.99. The van der Waals surface area contributed by atoms with E-state index in [-0.39, 0.29) is 12.2 Å². The summed E-state index contributed by atoms with van der Waals surface area (Å²) in [6.07, 6.45) is -5.30. The van der Waals surface area contributed by atoms with Crippen molar-refractivity contribution >= 4 is 5.78 Å². The maximum Gasteiger partial charge on any atom is 0.419 e. The summed E-state index contributed by atoms with van der Waals surface area (Å²) in [5, 5.41) is 0. The summed E-state index contributed by atoms with van der Waals surface area (Å²) in [5.74, 6) is -1.97. The fourth-order valence-electron chi connectivity index (χ4n) is 1.66. The van der Waals surface area contributed by atoms with Crippen molar-refractivity contribution in [1.29, 1.82) is 0 Å². The molecule has 1 aromatic rings. The molecule has 2 nitrogen and oxygen atoms in total. The molecule has 0 spiro atoms. The van der Waals surface area contributed by atoms with Crippen LogP contribution in [0.25, 0.3) is 0 Å². The SMILES string of the molecule is CCOC(CC)C(=O)c1ccc(F)c(C(F)(F)F)c1. The Morgan fingerprint density at radius 2 is 1.95 bits per heavy atom. The zero-order valence-electron chi connectivity index (χ0n) is 10.6. The summed E-state index contributed by atoms with van der Waals surface area (Å²) in [6, 6.07) is 2.21. The average molecular weight is 278 g/mol. The summed E-state index contributed by atoms with van der Waals surface area (Å²) in [6.45, 7) is 3.64. The lowest BCUT2D eigenvalue weighted by Crippen LogP contribution is -2.24. The molecule has 1 aromatic carbocycles. The molecule has 1 atom stereocenters. The number of carbonyl (C=O) groups excluding carboxylic acids is 1. The summed E-state index contributed by atoms with van der Waals surface area (Å²) in [4.78, 5) is 11.9. The van der Waals surface area contributed by atoms with Gasteiger partial charge in [0.05, 0.1) is 5.56 Å². The number of ketones is 1. The predicted octanol–water partition coefficient (Wildman–Crippen LogP) is 3.84. The van der Waals surface area contributed by atoms with E-state index in [0.717, 1.165) is 6.07 Å². The molecule has 0 aliphatic carbocycles. The van der Waals surface area contributed by atoms with Crippen molar-refractivity contribution in [2.24, 2.45) is 0 Å². The molecule has 106 valence electrons. The van der Waals surface area contributed by atoms with Gasteiger partial charge < -0.3 is 4.74 Å². The predicted molar refractivity (Wildman–Crippen MR) is 61.4 cm³/mol. The number of ether oxygens (including phenoxy) is 1. The number of hydrogen-bond donors (Lipinski definition) is 0. The fraction of sp³-hybridized carbons (Fsp3) is 0.462. The van der Waals surface area contributed by atoms with E-state index in [1.165, 1.54) is 0 Å². The van der Waals surface area contributed by atoms with Gasteiger partial charge in [0.1, 0.15) is 11.9 Å². The molecule has 0 radical (unpaired) electrons. The van der Waals surface area contributed by atoms with Crippen LogP contribution in [0.1, 0.15) is 36.2 Å². The first-order chi connectivity index (χ1) is 8.81. The average Bonchev–Trinajstić information content (AvgIpc) is 2.34. The number of halogens is 4. The zero-order chi connectivity index (χ0) is 14.6. The van der Waals surface area contributed by atoms with E-state index in [4.69, 9.17) is 4.74 Å². The minimum Gasteiger partial charge on any atom is -0.370 e. The van der Waals surface area contributed by atoms with Gasteiger partial charge in [-0.05, 0) is 31.5 Å². The second-order valence-corrected chi connectivity index (χ2v) is 3.91. The summed E-state index contributed by atoms with van der Waals surface area (Å²) >= 11 is 0. The van der Waals surface area contributed by atoms with Gasteiger partial charge >= 0.3 is 6.18 Å². The molecule has 0 saturated carbocycles. The van der Waals surface area contributed by atoms with Crippen LogP contribution >= 0.6 is 0 Å². The van der Waals surface area contributed by atoms with Gasteiger partial charge in [0, 0.05) is 12.2 Å². The van der Waals surface area contributed by atoms with Gasteiger partial charge in [-0.2, -0.15) is 13.2 Å². The minimum atomic E-state index is -4.83.